The van der Waals surface area contributed by atoms with Crippen LogP contribution in [0.2, 0.25) is 0 Å². The van der Waals surface area contributed by atoms with Gasteiger partial charge in [-0.05, 0) is 26.0 Å². The van der Waals surface area contributed by atoms with Crippen molar-refractivity contribution in [3.8, 4) is 0 Å². The fourth-order valence-corrected chi connectivity index (χ4v) is 1.96. The lowest BCUT2D eigenvalue weighted by molar-refractivity contribution is 0.0835. The maximum atomic E-state index is 11.8. The molecule has 0 saturated carbocycles. The van der Waals surface area contributed by atoms with Gasteiger partial charge in [-0.3, -0.25) is 4.79 Å². The highest BCUT2D eigenvalue weighted by molar-refractivity contribution is 7.88. The zero-order valence-corrected chi connectivity index (χ0v) is 12.1. The van der Waals surface area contributed by atoms with Crippen molar-refractivity contribution in [2.24, 2.45) is 0 Å². The first-order valence-corrected chi connectivity index (χ1v) is 7.00. The molecule has 0 saturated heterocycles. The van der Waals surface area contributed by atoms with Crippen LogP contribution < -0.4 is 5.32 Å². The number of carbonyl (C=O) groups excluding carboxylic acids is 1. The van der Waals surface area contributed by atoms with Gasteiger partial charge in [0.15, 0.2) is 5.76 Å². The number of amides is 1. The summed E-state index contributed by atoms with van der Waals surface area (Å²) >= 11 is 0. The van der Waals surface area contributed by atoms with Gasteiger partial charge >= 0.3 is 0 Å². The van der Waals surface area contributed by atoms with E-state index in [1.165, 1.54) is 26.2 Å². The van der Waals surface area contributed by atoms with Crippen LogP contribution in [-0.2, 0) is 10.0 Å². The second-order valence-corrected chi connectivity index (χ2v) is 6.99. The first-order valence-electron chi connectivity index (χ1n) is 5.56. The van der Waals surface area contributed by atoms with Gasteiger partial charge in [-0.1, -0.05) is 0 Å². The van der Waals surface area contributed by atoms with Crippen molar-refractivity contribution >= 4 is 15.9 Å². The van der Waals surface area contributed by atoms with E-state index in [-0.39, 0.29) is 17.5 Å². The van der Waals surface area contributed by atoms with E-state index in [0.717, 1.165) is 4.31 Å². The number of aliphatic hydroxyl groups excluding tert-OH is 1. The molecule has 0 aliphatic rings. The summed E-state index contributed by atoms with van der Waals surface area (Å²) in [5.41, 5.74) is -0.815. The van der Waals surface area contributed by atoms with E-state index in [0.29, 0.717) is 0 Å². The van der Waals surface area contributed by atoms with E-state index in [1.807, 2.05) is 0 Å². The Morgan fingerprint density at radius 2 is 2.00 bits per heavy atom. The number of furan rings is 1. The molecule has 0 aliphatic carbocycles. The Morgan fingerprint density at radius 1 is 1.42 bits per heavy atom. The molecular formula is C11H18N2O5S. The molecule has 0 atom stereocenters. The van der Waals surface area contributed by atoms with Crippen LogP contribution in [0.5, 0.6) is 0 Å². The van der Waals surface area contributed by atoms with Gasteiger partial charge in [0.2, 0.25) is 5.09 Å². The summed E-state index contributed by atoms with van der Waals surface area (Å²) in [7, 11) is -0.966. The van der Waals surface area contributed by atoms with Crippen molar-refractivity contribution in [1.82, 2.24) is 9.62 Å². The van der Waals surface area contributed by atoms with Gasteiger partial charge in [-0.25, -0.2) is 12.7 Å². The zero-order valence-electron chi connectivity index (χ0n) is 11.3. The van der Waals surface area contributed by atoms with Crippen LogP contribution in [0, 0.1) is 0 Å². The van der Waals surface area contributed by atoms with Crippen LogP contribution in [0.3, 0.4) is 0 Å². The Labute approximate surface area is 112 Å². The molecule has 1 heterocycles. The highest BCUT2D eigenvalue weighted by atomic mass is 32.2. The normalized spacial score (nSPS) is 12.7. The lowest BCUT2D eigenvalue weighted by Crippen LogP contribution is -2.46. The van der Waals surface area contributed by atoms with Crippen molar-refractivity contribution < 1.29 is 22.7 Å². The number of sulfonamides is 1. The Bertz CT molecular complexity index is 559. The monoisotopic (exact) mass is 290 g/mol. The molecule has 0 aliphatic heterocycles. The molecule has 7 nitrogen and oxygen atoms in total. The molecule has 8 heteroatoms. The van der Waals surface area contributed by atoms with E-state index in [4.69, 9.17) is 9.52 Å². The van der Waals surface area contributed by atoms with E-state index in [2.05, 4.69) is 5.32 Å². The fourth-order valence-electron chi connectivity index (χ4n) is 1.17. The molecule has 108 valence electrons. The van der Waals surface area contributed by atoms with Gasteiger partial charge in [0.25, 0.3) is 15.9 Å². The van der Waals surface area contributed by atoms with E-state index in [1.54, 1.807) is 13.8 Å². The van der Waals surface area contributed by atoms with Crippen molar-refractivity contribution in [3.63, 3.8) is 0 Å². The maximum Gasteiger partial charge on any atom is 0.287 e. The highest BCUT2D eigenvalue weighted by Gasteiger charge is 2.26. The molecule has 19 heavy (non-hydrogen) atoms. The molecule has 1 aromatic rings. The predicted octanol–water partition coefficient (Wildman–Crippen LogP) is 0.0306. The summed E-state index contributed by atoms with van der Waals surface area (Å²) in [6, 6.07) is 2.50. The molecule has 1 amide bonds. The number of nitrogens with zero attached hydrogens (tertiary/aromatic N) is 1. The molecule has 2 N–H and O–H groups in total. The summed E-state index contributed by atoms with van der Waals surface area (Å²) in [6.45, 7) is 3.01. The predicted molar refractivity (Wildman–Crippen MR) is 68.2 cm³/mol. The van der Waals surface area contributed by atoms with Gasteiger partial charge in [-0.2, -0.15) is 0 Å². The largest absolute Gasteiger partial charge is 0.438 e. The third kappa shape index (κ3) is 3.55. The van der Waals surface area contributed by atoms with Crippen LogP contribution in [0.1, 0.15) is 24.4 Å². The fraction of sp³-hybridized carbons (Fsp3) is 0.545. The van der Waals surface area contributed by atoms with Crippen molar-refractivity contribution in [3.05, 3.63) is 17.9 Å². The van der Waals surface area contributed by atoms with E-state index < -0.39 is 21.5 Å². The highest BCUT2D eigenvalue weighted by Crippen LogP contribution is 2.17. The number of nitrogens with one attached hydrogen (secondary N) is 1. The maximum absolute atomic E-state index is 11.8. The van der Waals surface area contributed by atoms with E-state index >= 15 is 0 Å². The van der Waals surface area contributed by atoms with Crippen molar-refractivity contribution in [1.29, 1.82) is 0 Å². The summed E-state index contributed by atoms with van der Waals surface area (Å²) in [5, 5.41) is 11.3. The molecule has 0 spiro atoms. The number of hydrogen-bond acceptors (Lipinski definition) is 5. The number of carbonyl (C=O) groups is 1. The van der Waals surface area contributed by atoms with Crippen LogP contribution in [0.4, 0.5) is 0 Å². The smallest absolute Gasteiger partial charge is 0.287 e. The standard InChI is InChI=1S/C11H18N2O5S/c1-11(2,7-14)12-10(15)8-5-6-9(18-8)19(16,17)13(3)4/h5-6,14H,7H2,1-4H3,(H,12,15). The van der Waals surface area contributed by atoms with E-state index in [9.17, 15) is 13.2 Å². The molecule has 0 aromatic carbocycles. The number of hydrogen-bond donors (Lipinski definition) is 2. The molecular weight excluding hydrogens is 272 g/mol. The topological polar surface area (TPSA) is 99.9 Å². The van der Waals surface area contributed by atoms with Gasteiger partial charge < -0.3 is 14.8 Å². The average Bonchev–Trinajstić information content (AvgIpc) is 2.78. The Morgan fingerprint density at radius 3 is 2.47 bits per heavy atom. The molecule has 1 aromatic heterocycles. The molecule has 0 radical (unpaired) electrons. The SMILES string of the molecule is CN(C)S(=O)(=O)c1ccc(C(=O)NC(C)(C)CO)o1. The van der Waals surface area contributed by atoms with Crippen molar-refractivity contribution in [2.45, 2.75) is 24.5 Å². The van der Waals surface area contributed by atoms with Gasteiger partial charge in [-0.15, -0.1) is 0 Å². The minimum atomic E-state index is -3.70. The number of aliphatic hydroxyl groups is 1. The minimum absolute atomic E-state index is 0.123. The van der Waals surface area contributed by atoms with Gasteiger partial charge in [0.1, 0.15) is 0 Å². The Kier molecular flexibility index (Phi) is 4.39. The Hall–Kier alpha value is -1.38. The first-order chi connectivity index (χ1) is 8.60. The molecule has 1 rings (SSSR count). The van der Waals surface area contributed by atoms with Crippen LogP contribution in [0.15, 0.2) is 21.6 Å². The molecule has 0 fully saturated rings. The third-order valence-electron chi connectivity index (χ3n) is 2.39. The Balaban J connectivity index is 2.96. The van der Waals surface area contributed by atoms with Gasteiger partial charge in [0, 0.05) is 14.1 Å². The molecule has 0 unspecified atom stereocenters. The summed E-state index contributed by atoms with van der Waals surface area (Å²) in [4.78, 5) is 11.8. The number of rotatable bonds is 5. The quantitative estimate of drug-likeness (QED) is 0.797. The lowest BCUT2D eigenvalue weighted by Gasteiger charge is -2.22. The second kappa shape index (κ2) is 5.32. The van der Waals surface area contributed by atoms with Crippen LogP contribution >= 0.6 is 0 Å². The molecule has 0 bridgehead atoms. The summed E-state index contributed by atoms with van der Waals surface area (Å²) < 4.78 is 29.6. The van der Waals surface area contributed by atoms with Gasteiger partial charge in [0.05, 0.1) is 12.1 Å². The summed E-state index contributed by atoms with van der Waals surface area (Å²) in [6.07, 6.45) is 0. The minimum Gasteiger partial charge on any atom is -0.438 e. The second-order valence-electron chi connectivity index (χ2n) is 4.90. The van der Waals surface area contributed by atoms with Crippen LogP contribution in [0.25, 0.3) is 0 Å². The van der Waals surface area contributed by atoms with Crippen molar-refractivity contribution in [2.75, 3.05) is 20.7 Å². The average molecular weight is 290 g/mol. The third-order valence-corrected chi connectivity index (χ3v) is 4.08. The first kappa shape index (κ1) is 15.7. The van der Waals surface area contributed by atoms with Crippen LogP contribution in [-0.4, -0.2) is 50.0 Å². The zero-order chi connectivity index (χ0) is 14.8. The summed E-state index contributed by atoms with van der Waals surface area (Å²) in [5.74, 6) is -0.707. The lowest BCUT2D eigenvalue weighted by atomic mass is 10.1.